The molecule has 1 aromatic rings. The molecule has 6 heteroatoms. The van der Waals surface area contributed by atoms with Crippen molar-refractivity contribution in [1.82, 2.24) is 15.5 Å². The summed E-state index contributed by atoms with van der Waals surface area (Å²) in [5.41, 5.74) is 2.77. The van der Waals surface area contributed by atoms with Gasteiger partial charge in [-0.25, -0.2) is 0 Å². The van der Waals surface area contributed by atoms with Crippen molar-refractivity contribution in [3.63, 3.8) is 0 Å². The lowest BCUT2D eigenvalue weighted by Crippen LogP contribution is -2.54. The van der Waals surface area contributed by atoms with Crippen LogP contribution in [0.15, 0.2) is 29.3 Å². The molecule has 2 aliphatic rings. The van der Waals surface area contributed by atoms with E-state index in [1.54, 1.807) is 0 Å². The van der Waals surface area contributed by atoms with Crippen LogP contribution in [0.5, 0.6) is 0 Å². The normalized spacial score (nSPS) is 19.5. The predicted octanol–water partition coefficient (Wildman–Crippen LogP) is 3.17. The number of hydrogen-bond donors (Lipinski definition) is 2. The van der Waals surface area contributed by atoms with Gasteiger partial charge in [-0.05, 0) is 57.5 Å². The van der Waals surface area contributed by atoms with Crippen LogP contribution in [-0.4, -0.2) is 67.7 Å². The van der Waals surface area contributed by atoms with Gasteiger partial charge in [0.1, 0.15) is 0 Å². The molecule has 0 saturated carbocycles. The fourth-order valence-corrected chi connectivity index (χ4v) is 4.87. The van der Waals surface area contributed by atoms with Gasteiger partial charge in [-0.1, -0.05) is 18.6 Å². The summed E-state index contributed by atoms with van der Waals surface area (Å²) in [6, 6.07) is 8.97. The summed E-state index contributed by atoms with van der Waals surface area (Å²) in [5, 5.41) is 6.99. The zero-order valence-corrected chi connectivity index (χ0v) is 18.7. The van der Waals surface area contributed by atoms with Crippen molar-refractivity contribution in [3.05, 3.63) is 29.8 Å². The summed E-state index contributed by atoms with van der Waals surface area (Å²) in [6.45, 7) is 11.1. The van der Waals surface area contributed by atoms with Gasteiger partial charge in [0, 0.05) is 56.0 Å². The Morgan fingerprint density at radius 1 is 1.00 bits per heavy atom. The van der Waals surface area contributed by atoms with E-state index in [0.717, 1.165) is 32.1 Å². The lowest BCUT2D eigenvalue weighted by molar-refractivity contribution is 0.0982. The molecule has 5 nitrogen and oxygen atoms in total. The Labute approximate surface area is 175 Å². The van der Waals surface area contributed by atoms with E-state index in [1.807, 2.05) is 7.05 Å². The number of rotatable bonds is 6. The first-order valence-electron chi connectivity index (χ1n) is 10.7. The number of likely N-dealkylation sites (tertiary alicyclic amines) is 1. The van der Waals surface area contributed by atoms with Crippen LogP contribution >= 0.6 is 11.8 Å². The van der Waals surface area contributed by atoms with Crippen molar-refractivity contribution in [2.24, 2.45) is 4.99 Å². The van der Waals surface area contributed by atoms with E-state index in [2.05, 4.69) is 75.3 Å². The van der Waals surface area contributed by atoms with E-state index >= 15 is 0 Å². The van der Waals surface area contributed by atoms with Crippen molar-refractivity contribution < 1.29 is 0 Å². The third kappa shape index (κ3) is 6.05. The highest BCUT2D eigenvalue weighted by Crippen LogP contribution is 2.21. The van der Waals surface area contributed by atoms with Crippen LogP contribution in [-0.2, 0) is 6.54 Å². The third-order valence-corrected chi connectivity index (χ3v) is 6.84. The van der Waals surface area contributed by atoms with Gasteiger partial charge in [0.2, 0.25) is 0 Å². The van der Waals surface area contributed by atoms with Gasteiger partial charge in [-0.3, -0.25) is 9.89 Å². The highest BCUT2D eigenvalue weighted by molar-refractivity contribution is 7.99. The van der Waals surface area contributed by atoms with Gasteiger partial charge in [0.05, 0.1) is 0 Å². The summed E-state index contributed by atoms with van der Waals surface area (Å²) in [4.78, 5) is 9.50. The molecule has 0 radical (unpaired) electrons. The Bertz CT molecular complexity index is 616. The second-order valence-corrected chi connectivity index (χ2v) is 9.63. The number of nitrogens with zero attached hydrogens (tertiary/aromatic N) is 3. The summed E-state index contributed by atoms with van der Waals surface area (Å²) >= 11 is 2.05. The first-order chi connectivity index (χ1) is 13.6. The molecule has 0 aromatic heterocycles. The average molecular weight is 404 g/mol. The van der Waals surface area contributed by atoms with Crippen LogP contribution in [0, 0.1) is 0 Å². The van der Waals surface area contributed by atoms with Crippen molar-refractivity contribution in [2.75, 3.05) is 56.2 Å². The summed E-state index contributed by atoms with van der Waals surface area (Å²) in [5.74, 6) is 3.35. The first-order valence-corrected chi connectivity index (χ1v) is 11.9. The lowest BCUT2D eigenvalue weighted by atomic mass is 9.98. The Hall–Kier alpha value is -1.40. The highest BCUT2D eigenvalue weighted by atomic mass is 32.2. The smallest absolute Gasteiger partial charge is 0.191 e. The molecule has 3 rings (SSSR count). The predicted molar refractivity (Wildman–Crippen MR) is 124 cm³/mol. The number of anilines is 1. The largest absolute Gasteiger partial charge is 0.370 e. The number of thioether (sulfide) groups is 1. The Morgan fingerprint density at radius 2 is 1.68 bits per heavy atom. The van der Waals surface area contributed by atoms with Gasteiger partial charge in [0.25, 0.3) is 0 Å². The molecular weight excluding hydrogens is 366 g/mol. The van der Waals surface area contributed by atoms with Crippen molar-refractivity contribution >= 4 is 23.4 Å². The SMILES string of the molecule is CN=C(NCc1ccc(N2CCSCC2)cc1)NCC(C)(C)N1CCCCC1. The number of hydrogen-bond acceptors (Lipinski definition) is 4. The molecule has 0 aliphatic carbocycles. The van der Waals surface area contributed by atoms with Crippen molar-refractivity contribution in [1.29, 1.82) is 0 Å². The number of benzene rings is 1. The second kappa shape index (κ2) is 10.4. The van der Waals surface area contributed by atoms with Crippen LogP contribution in [0.2, 0.25) is 0 Å². The van der Waals surface area contributed by atoms with E-state index < -0.39 is 0 Å². The first kappa shape index (κ1) is 21.3. The van der Waals surface area contributed by atoms with E-state index in [4.69, 9.17) is 0 Å². The van der Waals surface area contributed by atoms with Crippen LogP contribution in [0.4, 0.5) is 5.69 Å². The fourth-order valence-electron chi connectivity index (χ4n) is 3.96. The molecule has 0 spiro atoms. The van der Waals surface area contributed by atoms with E-state index in [9.17, 15) is 0 Å². The maximum absolute atomic E-state index is 4.41. The Morgan fingerprint density at radius 3 is 2.32 bits per heavy atom. The van der Waals surface area contributed by atoms with Crippen molar-refractivity contribution in [3.8, 4) is 0 Å². The standard InChI is InChI=1S/C22H37N5S/c1-22(2,27-11-5-4-6-12-27)18-25-21(23-3)24-17-19-7-9-20(10-8-19)26-13-15-28-16-14-26/h7-10H,4-6,11-18H2,1-3H3,(H2,23,24,25). The quantitative estimate of drug-likeness (QED) is 0.564. The topological polar surface area (TPSA) is 42.9 Å². The third-order valence-electron chi connectivity index (χ3n) is 5.90. The fraction of sp³-hybridized carbons (Fsp3) is 0.682. The minimum Gasteiger partial charge on any atom is -0.370 e. The monoisotopic (exact) mass is 403 g/mol. The summed E-state index contributed by atoms with van der Waals surface area (Å²) < 4.78 is 0. The zero-order valence-electron chi connectivity index (χ0n) is 17.8. The zero-order chi connectivity index (χ0) is 19.8. The lowest BCUT2D eigenvalue weighted by Gasteiger charge is -2.41. The molecule has 2 aliphatic heterocycles. The molecule has 2 fully saturated rings. The summed E-state index contributed by atoms with van der Waals surface area (Å²) in [7, 11) is 1.85. The molecule has 0 atom stereocenters. The van der Waals surface area contributed by atoms with E-state index in [0.29, 0.717) is 0 Å². The molecular formula is C22H37N5S. The van der Waals surface area contributed by atoms with Crippen LogP contribution in [0.25, 0.3) is 0 Å². The number of piperidine rings is 1. The maximum Gasteiger partial charge on any atom is 0.191 e. The summed E-state index contributed by atoms with van der Waals surface area (Å²) in [6.07, 6.45) is 4.02. The van der Waals surface area contributed by atoms with Crippen LogP contribution in [0.1, 0.15) is 38.7 Å². The van der Waals surface area contributed by atoms with Gasteiger partial charge in [0.15, 0.2) is 5.96 Å². The van der Waals surface area contributed by atoms with Crippen LogP contribution in [0.3, 0.4) is 0 Å². The van der Waals surface area contributed by atoms with Gasteiger partial charge in [-0.2, -0.15) is 11.8 Å². The second-order valence-electron chi connectivity index (χ2n) is 8.41. The molecule has 2 saturated heterocycles. The minimum absolute atomic E-state index is 0.145. The molecule has 2 N–H and O–H groups in total. The number of guanidine groups is 1. The molecule has 156 valence electrons. The van der Waals surface area contributed by atoms with Gasteiger partial charge >= 0.3 is 0 Å². The maximum atomic E-state index is 4.41. The average Bonchev–Trinajstić information content (AvgIpc) is 2.75. The molecule has 0 amide bonds. The van der Waals surface area contributed by atoms with Crippen molar-refractivity contribution in [2.45, 2.75) is 45.2 Å². The van der Waals surface area contributed by atoms with Crippen LogP contribution < -0.4 is 15.5 Å². The van der Waals surface area contributed by atoms with Gasteiger partial charge in [-0.15, -0.1) is 0 Å². The van der Waals surface area contributed by atoms with E-state index in [1.165, 1.54) is 55.1 Å². The minimum atomic E-state index is 0.145. The number of aliphatic imine (C=N–C) groups is 1. The Balaban J connectivity index is 1.45. The van der Waals surface area contributed by atoms with E-state index in [-0.39, 0.29) is 5.54 Å². The Kier molecular flexibility index (Phi) is 7.91. The molecule has 28 heavy (non-hydrogen) atoms. The molecule has 0 bridgehead atoms. The molecule has 2 heterocycles. The van der Waals surface area contributed by atoms with Gasteiger partial charge < -0.3 is 15.5 Å². The number of nitrogens with one attached hydrogen (secondary N) is 2. The molecule has 1 aromatic carbocycles. The molecule has 0 unspecified atom stereocenters. The highest BCUT2D eigenvalue weighted by Gasteiger charge is 2.27.